The van der Waals surface area contributed by atoms with Gasteiger partial charge in [-0.05, 0) is 25.0 Å². The summed E-state index contributed by atoms with van der Waals surface area (Å²) < 4.78 is 36.1. The van der Waals surface area contributed by atoms with E-state index in [9.17, 15) is 8.42 Å². The zero-order valence-electron chi connectivity index (χ0n) is 18.0. The summed E-state index contributed by atoms with van der Waals surface area (Å²) in [5, 5.41) is 8.61. The van der Waals surface area contributed by atoms with Gasteiger partial charge in [-0.15, -0.1) is 5.10 Å². The lowest BCUT2D eigenvalue weighted by Crippen LogP contribution is -2.54. The molecule has 0 saturated carbocycles. The van der Waals surface area contributed by atoms with Gasteiger partial charge in [-0.2, -0.15) is 21.7 Å². The molecule has 0 atom stereocenters. The van der Waals surface area contributed by atoms with Crippen LogP contribution in [0.25, 0.3) is 16.9 Å². The average molecular weight is 459 g/mol. The summed E-state index contributed by atoms with van der Waals surface area (Å²) in [5.41, 5.74) is 1.96. The first-order valence-electron chi connectivity index (χ1n) is 10.8. The van der Waals surface area contributed by atoms with Crippen molar-refractivity contribution >= 4 is 27.2 Å². The molecule has 12 heteroatoms. The number of piperidine rings is 1. The highest BCUT2D eigenvalue weighted by molar-refractivity contribution is 7.86. The quantitative estimate of drug-likeness (QED) is 0.559. The molecule has 2 aromatic heterocycles. The van der Waals surface area contributed by atoms with E-state index in [0.29, 0.717) is 62.0 Å². The molecule has 0 amide bonds. The van der Waals surface area contributed by atoms with Crippen molar-refractivity contribution < 1.29 is 13.2 Å². The molecule has 0 radical (unpaired) electrons. The van der Waals surface area contributed by atoms with Gasteiger partial charge >= 0.3 is 0 Å². The number of rotatable bonds is 5. The van der Waals surface area contributed by atoms with E-state index in [-0.39, 0.29) is 0 Å². The van der Waals surface area contributed by atoms with Gasteiger partial charge in [0.25, 0.3) is 10.2 Å². The van der Waals surface area contributed by atoms with E-state index in [1.54, 1.807) is 20.4 Å². The molecule has 5 rings (SSSR count). The van der Waals surface area contributed by atoms with Crippen LogP contribution in [0.15, 0.2) is 30.6 Å². The molecule has 4 heterocycles. The minimum absolute atomic E-state index is 0.411. The fourth-order valence-electron chi connectivity index (χ4n) is 4.27. The Balaban J connectivity index is 1.36. The maximum absolute atomic E-state index is 13.0. The van der Waals surface area contributed by atoms with Gasteiger partial charge in [0.15, 0.2) is 17.0 Å². The third-order valence-corrected chi connectivity index (χ3v) is 8.06. The van der Waals surface area contributed by atoms with Crippen LogP contribution in [0.3, 0.4) is 0 Å². The Kier molecular flexibility index (Phi) is 5.66. The number of hydrogen-bond acceptors (Lipinski definition) is 8. The zero-order chi connectivity index (χ0) is 22.1. The van der Waals surface area contributed by atoms with Crippen LogP contribution in [0, 0.1) is 0 Å². The second kappa shape index (κ2) is 8.60. The van der Waals surface area contributed by atoms with Gasteiger partial charge in [0.2, 0.25) is 0 Å². The van der Waals surface area contributed by atoms with Crippen molar-refractivity contribution in [1.82, 2.24) is 33.6 Å². The molecule has 2 fully saturated rings. The normalized spacial score (nSPS) is 18.8. The van der Waals surface area contributed by atoms with Crippen molar-refractivity contribution in [3.8, 4) is 11.4 Å². The van der Waals surface area contributed by atoms with Gasteiger partial charge in [0.1, 0.15) is 12.1 Å². The van der Waals surface area contributed by atoms with E-state index in [2.05, 4.69) is 25.2 Å². The highest BCUT2D eigenvalue weighted by atomic mass is 32.2. The fourth-order valence-corrected chi connectivity index (χ4v) is 5.94. The topological polar surface area (TPSA) is 110 Å². The van der Waals surface area contributed by atoms with Gasteiger partial charge < -0.3 is 9.64 Å². The maximum atomic E-state index is 13.0. The van der Waals surface area contributed by atoms with Crippen LogP contribution in [0.4, 0.5) is 5.82 Å². The Morgan fingerprint density at radius 3 is 2.44 bits per heavy atom. The number of benzene rings is 1. The molecule has 170 valence electrons. The van der Waals surface area contributed by atoms with Crippen molar-refractivity contribution in [3.63, 3.8) is 0 Å². The van der Waals surface area contributed by atoms with E-state index in [1.165, 1.54) is 6.33 Å². The Labute approximate surface area is 186 Å². The Morgan fingerprint density at radius 1 is 0.938 bits per heavy atom. The van der Waals surface area contributed by atoms with Gasteiger partial charge in [-0.25, -0.2) is 9.97 Å². The number of anilines is 1. The minimum Gasteiger partial charge on any atom is -0.497 e. The standard InChI is InChI=1S/C20H26N8O3S/c1-31-17-7-5-6-16(14-17)28-20-18(23-24-28)19(21-15-22-20)25-10-12-27(13-11-25)32(29,30)26-8-3-2-4-9-26/h5-7,14-15H,2-4,8-13H2,1H3. The zero-order valence-corrected chi connectivity index (χ0v) is 18.8. The molecule has 3 aromatic rings. The molecule has 2 aliphatic rings. The van der Waals surface area contributed by atoms with Crippen LogP contribution >= 0.6 is 0 Å². The predicted octanol–water partition coefficient (Wildman–Crippen LogP) is 1.07. The predicted molar refractivity (Wildman–Crippen MR) is 119 cm³/mol. The lowest BCUT2D eigenvalue weighted by Gasteiger charge is -2.38. The fraction of sp³-hybridized carbons (Fsp3) is 0.500. The third-order valence-electron chi connectivity index (χ3n) is 6.02. The molecule has 11 nitrogen and oxygen atoms in total. The number of nitrogens with zero attached hydrogens (tertiary/aromatic N) is 8. The van der Waals surface area contributed by atoms with E-state index in [0.717, 1.165) is 24.9 Å². The summed E-state index contributed by atoms with van der Waals surface area (Å²) in [6.45, 7) is 3.12. The van der Waals surface area contributed by atoms with E-state index < -0.39 is 10.2 Å². The van der Waals surface area contributed by atoms with Crippen LogP contribution in [-0.4, -0.2) is 88.4 Å². The molecule has 32 heavy (non-hydrogen) atoms. The van der Waals surface area contributed by atoms with Crippen LogP contribution in [-0.2, 0) is 10.2 Å². The second-order valence-corrected chi connectivity index (χ2v) is 9.85. The van der Waals surface area contributed by atoms with E-state index >= 15 is 0 Å². The molecular formula is C20H26N8O3S. The summed E-state index contributed by atoms with van der Waals surface area (Å²) >= 11 is 0. The Morgan fingerprint density at radius 2 is 1.69 bits per heavy atom. The van der Waals surface area contributed by atoms with E-state index in [1.807, 2.05) is 24.3 Å². The third kappa shape index (κ3) is 3.78. The molecule has 0 aliphatic carbocycles. The van der Waals surface area contributed by atoms with Gasteiger partial charge in [0, 0.05) is 45.3 Å². The number of ether oxygens (including phenoxy) is 1. The summed E-state index contributed by atoms with van der Waals surface area (Å²) in [4.78, 5) is 10.9. The molecular weight excluding hydrogens is 432 g/mol. The highest BCUT2D eigenvalue weighted by Crippen LogP contribution is 2.26. The van der Waals surface area contributed by atoms with Crippen molar-refractivity contribution in [2.75, 3.05) is 51.3 Å². The SMILES string of the molecule is COc1cccc(-n2nnc3c(N4CCN(S(=O)(=O)N5CCCCC5)CC4)ncnc32)c1. The number of piperazine rings is 1. The maximum Gasteiger partial charge on any atom is 0.282 e. The molecule has 2 saturated heterocycles. The summed E-state index contributed by atoms with van der Waals surface area (Å²) in [7, 11) is -1.79. The molecule has 1 aromatic carbocycles. The number of hydrogen-bond donors (Lipinski definition) is 0. The van der Waals surface area contributed by atoms with Gasteiger partial charge in [-0.3, -0.25) is 0 Å². The lowest BCUT2D eigenvalue weighted by atomic mass is 10.2. The first-order valence-corrected chi connectivity index (χ1v) is 12.2. The summed E-state index contributed by atoms with van der Waals surface area (Å²) in [6.07, 6.45) is 4.45. The summed E-state index contributed by atoms with van der Waals surface area (Å²) in [6, 6.07) is 7.51. The van der Waals surface area contributed by atoms with Gasteiger partial charge in [0.05, 0.1) is 12.8 Å². The van der Waals surface area contributed by atoms with Crippen molar-refractivity contribution in [3.05, 3.63) is 30.6 Å². The first kappa shape index (κ1) is 21.0. The summed E-state index contributed by atoms with van der Waals surface area (Å²) in [5.74, 6) is 1.38. The van der Waals surface area contributed by atoms with Crippen LogP contribution in [0.1, 0.15) is 19.3 Å². The van der Waals surface area contributed by atoms with Crippen molar-refractivity contribution in [1.29, 1.82) is 0 Å². The molecule has 0 spiro atoms. The highest BCUT2D eigenvalue weighted by Gasteiger charge is 2.33. The molecule has 0 N–H and O–H groups in total. The monoisotopic (exact) mass is 458 g/mol. The smallest absolute Gasteiger partial charge is 0.282 e. The van der Waals surface area contributed by atoms with Crippen molar-refractivity contribution in [2.45, 2.75) is 19.3 Å². The van der Waals surface area contributed by atoms with Crippen LogP contribution < -0.4 is 9.64 Å². The number of methoxy groups -OCH3 is 1. The molecule has 0 unspecified atom stereocenters. The molecule has 2 aliphatic heterocycles. The minimum atomic E-state index is -3.41. The van der Waals surface area contributed by atoms with Crippen LogP contribution in [0.5, 0.6) is 5.75 Å². The average Bonchev–Trinajstić information content (AvgIpc) is 3.29. The first-order chi connectivity index (χ1) is 15.6. The van der Waals surface area contributed by atoms with Crippen LogP contribution in [0.2, 0.25) is 0 Å². The van der Waals surface area contributed by atoms with E-state index in [4.69, 9.17) is 4.74 Å². The van der Waals surface area contributed by atoms with Gasteiger partial charge in [-0.1, -0.05) is 17.7 Å². The number of fused-ring (bicyclic) bond motifs is 1. The lowest BCUT2D eigenvalue weighted by molar-refractivity contribution is 0.295. The Bertz CT molecular complexity index is 1200. The largest absolute Gasteiger partial charge is 0.497 e. The number of aromatic nitrogens is 5. The Hall–Kier alpha value is -2.83. The second-order valence-electron chi connectivity index (χ2n) is 7.93. The van der Waals surface area contributed by atoms with Crippen molar-refractivity contribution in [2.24, 2.45) is 0 Å². The molecule has 0 bridgehead atoms.